The number of carbonyl (C=O) groups excluding carboxylic acids is 1. The fourth-order valence-electron chi connectivity index (χ4n) is 1.57. The summed E-state index contributed by atoms with van der Waals surface area (Å²) in [5.74, 6) is -1.00. The van der Waals surface area contributed by atoms with Gasteiger partial charge in [0.25, 0.3) is 0 Å². The standard InChI is InChI=1S/C13H7BrClNOS/c14-9-4-8(5-10(15)6-9)13(17)11(7-16)12-2-1-3-18-12/h1-6,11H. The monoisotopic (exact) mass is 339 g/mol. The van der Waals surface area contributed by atoms with Crippen molar-refractivity contribution in [1.29, 1.82) is 5.26 Å². The van der Waals surface area contributed by atoms with Crippen LogP contribution in [-0.2, 0) is 0 Å². The third-order valence-electron chi connectivity index (χ3n) is 2.37. The first kappa shape index (κ1) is 13.3. The summed E-state index contributed by atoms with van der Waals surface area (Å²) >= 11 is 10.6. The van der Waals surface area contributed by atoms with Gasteiger partial charge in [-0.3, -0.25) is 4.79 Å². The minimum Gasteiger partial charge on any atom is -0.292 e. The molecule has 1 atom stereocenters. The van der Waals surface area contributed by atoms with Gasteiger partial charge in [0.15, 0.2) is 5.78 Å². The predicted molar refractivity (Wildman–Crippen MR) is 76.2 cm³/mol. The van der Waals surface area contributed by atoms with E-state index in [1.54, 1.807) is 24.3 Å². The number of hydrogen-bond donors (Lipinski definition) is 0. The lowest BCUT2D eigenvalue weighted by atomic mass is 9.97. The molecule has 2 nitrogen and oxygen atoms in total. The van der Waals surface area contributed by atoms with Crippen LogP contribution in [0.15, 0.2) is 40.2 Å². The Hall–Kier alpha value is -1.15. The van der Waals surface area contributed by atoms with Gasteiger partial charge in [0.05, 0.1) is 6.07 Å². The Morgan fingerprint density at radius 1 is 1.44 bits per heavy atom. The van der Waals surface area contributed by atoms with Gasteiger partial charge in [-0.15, -0.1) is 11.3 Å². The van der Waals surface area contributed by atoms with Gasteiger partial charge >= 0.3 is 0 Å². The van der Waals surface area contributed by atoms with Crippen LogP contribution in [0.2, 0.25) is 5.02 Å². The molecule has 0 bridgehead atoms. The van der Waals surface area contributed by atoms with Crippen molar-refractivity contribution in [3.05, 3.63) is 55.6 Å². The number of carbonyl (C=O) groups is 1. The lowest BCUT2D eigenvalue weighted by Crippen LogP contribution is -2.10. The Kier molecular flexibility index (Phi) is 4.18. The molecule has 1 unspecified atom stereocenters. The molecule has 1 aromatic heterocycles. The first-order chi connectivity index (χ1) is 8.61. The number of rotatable bonds is 3. The van der Waals surface area contributed by atoms with E-state index in [9.17, 15) is 4.79 Å². The number of thiophene rings is 1. The van der Waals surface area contributed by atoms with E-state index < -0.39 is 5.92 Å². The third kappa shape index (κ3) is 2.81. The van der Waals surface area contributed by atoms with Crippen LogP contribution in [0.5, 0.6) is 0 Å². The highest BCUT2D eigenvalue weighted by molar-refractivity contribution is 9.10. The van der Waals surface area contributed by atoms with Gasteiger partial charge in [0, 0.05) is 19.9 Å². The van der Waals surface area contributed by atoms with Gasteiger partial charge in [-0.25, -0.2) is 0 Å². The molecule has 0 saturated carbocycles. The molecular formula is C13H7BrClNOS. The molecule has 0 N–H and O–H groups in total. The first-order valence-corrected chi connectivity index (χ1v) is 7.10. The third-order valence-corrected chi connectivity index (χ3v) is 3.98. The van der Waals surface area contributed by atoms with Crippen LogP contribution in [0.25, 0.3) is 0 Å². The predicted octanol–water partition coefficient (Wildman–Crippen LogP) is 4.65. The van der Waals surface area contributed by atoms with E-state index in [2.05, 4.69) is 15.9 Å². The van der Waals surface area contributed by atoms with Crippen molar-refractivity contribution in [1.82, 2.24) is 0 Å². The molecule has 2 aromatic rings. The van der Waals surface area contributed by atoms with E-state index in [1.807, 2.05) is 17.5 Å². The van der Waals surface area contributed by atoms with Crippen LogP contribution in [-0.4, -0.2) is 5.78 Å². The SMILES string of the molecule is N#CC(C(=O)c1cc(Cl)cc(Br)c1)c1cccs1. The summed E-state index contributed by atoms with van der Waals surface area (Å²) in [6.07, 6.45) is 0. The molecule has 1 heterocycles. The van der Waals surface area contributed by atoms with Gasteiger partial charge in [0.2, 0.25) is 0 Å². The maximum atomic E-state index is 12.3. The fraction of sp³-hybridized carbons (Fsp3) is 0.0769. The Balaban J connectivity index is 2.39. The van der Waals surface area contributed by atoms with Crippen molar-refractivity contribution >= 4 is 44.7 Å². The molecule has 1 aromatic carbocycles. The van der Waals surface area contributed by atoms with Crippen LogP contribution in [0.3, 0.4) is 0 Å². The maximum Gasteiger partial charge on any atom is 0.185 e. The molecule has 0 aliphatic rings. The van der Waals surface area contributed by atoms with Crippen molar-refractivity contribution in [2.45, 2.75) is 5.92 Å². The summed E-state index contributed by atoms with van der Waals surface area (Å²) < 4.78 is 0.723. The molecule has 18 heavy (non-hydrogen) atoms. The smallest absolute Gasteiger partial charge is 0.185 e. The number of ketones is 1. The summed E-state index contributed by atoms with van der Waals surface area (Å²) in [7, 11) is 0. The van der Waals surface area contributed by atoms with Gasteiger partial charge < -0.3 is 0 Å². The summed E-state index contributed by atoms with van der Waals surface area (Å²) in [5.41, 5.74) is 0.439. The zero-order chi connectivity index (χ0) is 13.1. The Bertz CT molecular complexity index is 598. The second kappa shape index (κ2) is 5.66. The Morgan fingerprint density at radius 2 is 2.22 bits per heavy atom. The van der Waals surface area contributed by atoms with E-state index in [4.69, 9.17) is 16.9 Å². The van der Waals surface area contributed by atoms with E-state index in [0.717, 1.165) is 9.35 Å². The van der Waals surface area contributed by atoms with Crippen LogP contribution in [0.4, 0.5) is 0 Å². The van der Waals surface area contributed by atoms with Crippen molar-refractivity contribution in [3.8, 4) is 6.07 Å². The van der Waals surface area contributed by atoms with E-state index in [-0.39, 0.29) is 5.78 Å². The minimum absolute atomic E-state index is 0.233. The highest BCUT2D eigenvalue weighted by Gasteiger charge is 2.23. The van der Waals surface area contributed by atoms with Crippen molar-refractivity contribution in [3.63, 3.8) is 0 Å². The largest absolute Gasteiger partial charge is 0.292 e. The van der Waals surface area contributed by atoms with Crippen LogP contribution < -0.4 is 0 Å². The highest BCUT2D eigenvalue weighted by atomic mass is 79.9. The maximum absolute atomic E-state index is 12.3. The van der Waals surface area contributed by atoms with Gasteiger partial charge in [0.1, 0.15) is 5.92 Å². The zero-order valence-corrected chi connectivity index (χ0v) is 12.2. The highest BCUT2D eigenvalue weighted by Crippen LogP contribution is 2.27. The molecule has 90 valence electrons. The molecule has 0 fully saturated rings. The number of hydrogen-bond acceptors (Lipinski definition) is 3. The normalized spacial score (nSPS) is 11.8. The quantitative estimate of drug-likeness (QED) is 0.763. The lowest BCUT2D eigenvalue weighted by molar-refractivity contribution is 0.0980. The topological polar surface area (TPSA) is 40.9 Å². The molecule has 2 rings (SSSR count). The van der Waals surface area contributed by atoms with Crippen LogP contribution >= 0.6 is 38.9 Å². The molecule has 0 aliphatic carbocycles. The summed E-state index contributed by atoms with van der Waals surface area (Å²) in [4.78, 5) is 13.0. The number of nitrogens with zero attached hydrogens (tertiary/aromatic N) is 1. The minimum atomic E-state index is -0.768. The average molecular weight is 341 g/mol. The van der Waals surface area contributed by atoms with Crippen molar-refractivity contribution in [2.75, 3.05) is 0 Å². The lowest BCUT2D eigenvalue weighted by Gasteiger charge is -2.07. The first-order valence-electron chi connectivity index (χ1n) is 5.05. The molecule has 0 saturated heterocycles. The van der Waals surface area contributed by atoms with Gasteiger partial charge in [-0.2, -0.15) is 5.26 Å². The molecular weight excluding hydrogens is 334 g/mol. The second-order valence-electron chi connectivity index (χ2n) is 3.60. The van der Waals surface area contributed by atoms with Crippen molar-refractivity contribution < 1.29 is 4.79 Å². The summed E-state index contributed by atoms with van der Waals surface area (Å²) in [5, 5.41) is 11.5. The second-order valence-corrected chi connectivity index (χ2v) is 5.93. The van der Waals surface area contributed by atoms with Crippen LogP contribution in [0, 0.1) is 11.3 Å². The molecule has 0 radical (unpaired) electrons. The fourth-order valence-corrected chi connectivity index (χ4v) is 3.20. The molecule has 0 aliphatic heterocycles. The number of halogens is 2. The summed E-state index contributed by atoms with van der Waals surface area (Å²) in [6, 6.07) is 10.6. The average Bonchev–Trinajstić information content (AvgIpc) is 2.82. The number of benzene rings is 1. The molecule has 0 spiro atoms. The number of nitriles is 1. The van der Waals surface area contributed by atoms with Gasteiger partial charge in [-0.05, 0) is 29.6 Å². The van der Waals surface area contributed by atoms with E-state index >= 15 is 0 Å². The van der Waals surface area contributed by atoms with Crippen molar-refractivity contribution in [2.24, 2.45) is 0 Å². The van der Waals surface area contributed by atoms with E-state index in [0.29, 0.717) is 10.6 Å². The van der Waals surface area contributed by atoms with Crippen LogP contribution in [0.1, 0.15) is 21.2 Å². The zero-order valence-electron chi connectivity index (χ0n) is 9.06. The Morgan fingerprint density at radius 3 is 2.78 bits per heavy atom. The molecule has 0 amide bonds. The summed E-state index contributed by atoms with van der Waals surface area (Å²) in [6.45, 7) is 0. The molecule has 5 heteroatoms. The van der Waals surface area contributed by atoms with Gasteiger partial charge in [-0.1, -0.05) is 33.6 Å². The number of Topliss-reactive ketones (excluding diaryl/α,β-unsaturated/α-hetero) is 1. The Labute approximate surface area is 122 Å². The van der Waals surface area contributed by atoms with E-state index in [1.165, 1.54) is 11.3 Å².